The van der Waals surface area contributed by atoms with Gasteiger partial charge < -0.3 is 25.7 Å². The van der Waals surface area contributed by atoms with Gasteiger partial charge in [0.2, 0.25) is 0 Å². The van der Waals surface area contributed by atoms with Crippen molar-refractivity contribution < 1.29 is 14.2 Å². The lowest BCUT2D eigenvalue weighted by atomic mass is 9.70. The van der Waals surface area contributed by atoms with Crippen LogP contribution in [0.15, 0.2) is 41.3 Å². The zero-order valence-corrected chi connectivity index (χ0v) is 24.1. The third-order valence-electron chi connectivity index (χ3n) is 7.52. The summed E-state index contributed by atoms with van der Waals surface area (Å²) in [6.07, 6.45) is 12.2. The summed E-state index contributed by atoms with van der Waals surface area (Å²) in [4.78, 5) is 0.908. The highest BCUT2D eigenvalue weighted by Crippen LogP contribution is 2.41. The molecule has 0 spiro atoms. The second kappa shape index (κ2) is 16.7. The van der Waals surface area contributed by atoms with Crippen molar-refractivity contribution in [2.75, 3.05) is 39.5 Å². The van der Waals surface area contributed by atoms with Crippen molar-refractivity contribution in [1.29, 1.82) is 0 Å². The minimum Gasteiger partial charge on any atom is -0.492 e. The molecule has 36 heavy (non-hydrogen) atoms. The van der Waals surface area contributed by atoms with Gasteiger partial charge in [-0.05, 0) is 68.7 Å². The maximum atomic E-state index is 6.18. The number of hydrogen-bond donors (Lipinski definition) is 3. The summed E-state index contributed by atoms with van der Waals surface area (Å²) in [6, 6.07) is 7.89. The van der Waals surface area contributed by atoms with E-state index in [0.29, 0.717) is 36.3 Å². The van der Waals surface area contributed by atoms with E-state index in [1.165, 1.54) is 19.3 Å². The normalized spacial score (nSPS) is 22.0. The van der Waals surface area contributed by atoms with Crippen molar-refractivity contribution in [3.05, 3.63) is 36.4 Å². The third kappa shape index (κ3) is 11.1. The topological polar surface area (TPSA) is 79.7 Å². The summed E-state index contributed by atoms with van der Waals surface area (Å²) in [5, 5.41) is 0. The fourth-order valence-corrected chi connectivity index (χ4v) is 4.48. The van der Waals surface area contributed by atoms with Gasteiger partial charge in [0.15, 0.2) is 0 Å². The highest BCUT2D eigenvalue weighted by atomic mass is 32.1. The molecule has 5 nitrogen and oxygen atoms in total. The molecule has 0 aromatic heterocycles. The molecule has 206 valence electrons. The number of unbranched alkanes of at least 4 members (excludes halogenated alkanes) is 4. The molecule has 6 heteroatoms. The van der Waals surface area contributed by atoms with E-state index in [0.717, 1.165) is 62.9 Å². The standard InChI is InChI=1S/C26H41NO3S.C4H11N/c1-20(26(2)18-28-19-26)22(16-27)17-30-24-15-21(24)11-7-5-3-4-6-10-14-29-23-12-8-9-13-25(23)31;1-4(2)3-5/h7-9,11-13,20-22,24,31H,3-6,10,14-19,27H2,1-2H3;4H,3,5H2,1-2H3/b11-7-;. The second-order valence-electron chi connectivity index (χ2n) is 11.3. The molecule has 1 saturated carbocycles. The Hall–Kier alpha value is -1.05. The van der Waals surface area contributed by atoms with E-state index in [1.54, 1.807) is 0 Å². The minimum absolute atomic E-state index is 0.277. The highest BCUT2D eigenvalue weighted by molar-refractivity contribution is 7.80. The maximum absolute atomic E-state index is 6.18. The molecule has 2 aliphatic rings. The van der Waals surface area contributed by atoms with Gasteiger partial charge in [-0.25, -0.2) is 0 Å². The average Bonchev–Trinajstić information content (AvgIpc) is 3.61. The van der Waals surface area contributed by atoms with Crippen LogP contribution in [0.25, 0.3) is 0 Å². The molecular formula is C30H52N2O3S. The number of benzene rings is 1. The van der Waals surface area contributed by atoms with Gasteiger partial charge in [-0.2, -0.15) is 0 Å². The molecule has 0 amide bonds. The van der Waals surface area contributed by atoms with Crippen LogP contribution >= 0.6 is 12.6 Å². The van der Waals surface area contributed by atoms with E-state index < -0.39 is 0 Å². The first kappa shape index (κ1) is 31.2. The lowest BCUT2D eigenvalue weighted by Crippen LogP contribution is -2.49. The number of rotatable bonds is 16. The van der Waals surface area contributed by atoms with Crippen molar-refractivity contribution in [2.45, 2.75) is 77.2 Å². The van der Waals surface area contributed by atoms with E-state index >= 15 is 0 Å². The summed E-state index contributed by atoms with van der Waals surface area (Å²) in [7, 11) is 0. The molecule has 1 aromatic carbocycles. The average molecular weight is 521 g/mol. The quantitative estimate of drug-likeness (QED) is 0.139. The van der Waals surface area contributed by atoms with Crippen LogP contribution in [0.1, 0.15) is 66.2 Å². The van der Waals surface area contributed by atoms with Gasteiger partial charge >= 0.3 is 0 Å². The van der Waals surface area contributed by atoms with Gasteiger partial charge in [0.05, 0.1) is 32.5 Å². The molecule has 1 saturated heterocycles. The van der Waals surface area contributed by atoms with Gasteiger partial charge in [0, 0.05) is 16.2 Å². The van der Waals surface area contributed by atoms with Crippen LogP contribution in [0.4, 0.5) is 0 Å². The van der Waals surface area contributed by atoms with Crippen LogP contribution in [-0.2, 0) is 9.47 Å². The molecule has 1 aromatic rings. The van der Waals surface area contributed by atoms with Gasteiger partial charge in [0.25, 0.3) is 0 Å². The summed E-state index contributed by atoms with van der Waals surface area (Å²) in [5.41, 5.74) is 11.5. The van der Waals surface area contributed by atoms with E-state index in [-0.39, 0.29) is 5.41 Å². The van der Waals surface area contributed by atoms with E-state index in [2.05, 4.69) is 52.5 Å². The molecule has 0 bridgehead atoms. The Bertz CT molecular complexity index is 753. The van der Waals surface area contributed by atoms with Gasteiger partial charge in [-0.1, -0.05) is 64.8 Å². The minimum atomic E-state index is 0.277. The first-order valence-corrected chi connectivity index (χ1v) is 14.4. The fraction of sp³-hybridized carbons (Fsp3) is 0.733. The summed E-state index contributed by atoms with van der Waals surface area (Å²) >= 11 is 4.41. The zero-order chi connectivity index (χ0) is 26.4. The SMILES string of the molecule is CC(C(CN)COC1CC1/C=C\CCCCCCOc1ccccc1S)C1(C)COC1.CC(C)CN. The van der Waals surface area contributed by atoms with E-state index in [9.17, 15) is 0 Å². The number of allylic oxidation sites excluding steroid dienone is 1. The zero-order valence-electron chi connectivity index (χ0n) is 23.2. The van der Waals surface area contributed by atoms with E-state index in [1.807, 2.05) is 24.3 Å². The van der Waals surface area contributed by atoms with Gasteiger partial charge in [0.1, 0.15) is 5.75 Å². The number of thiol groups is 1. The third-order valence-corrected chi connectivity index (χ3v) is 7.89. The number of hydrogen-bond acceptors (Lipinski definition) is 6. The fourth-order valence-electron chi connectivity index (χ4n) is 4.25. The Morgan fingerprint density at radius 1 is 1.08 bits per heavy atom. The maximum Gasteiger partial charge on any atom is 0.132 e. The van der Waals surface area contributed by atoms with Crippen LogP contribution in [-0.4, -0.2) is 45.6 Å². The second-order valence-corrected chi connectivity index (χ2v) is 11.8. The summed E-state index contributed by atoms with van der Waals surface area (Å²) in [5.74, 6) is 3.11. The number of para-hydroxylation sites is 1. The van der Waals surface area contributed by atoms with E-state index in [4.69, 9.17) is 25.7 Å². The first-order chi connectivity index (χ1) is 17.3. The number of ether oxygens (including phenoxy) is 3. The molecule has 0 radical (unpaired) electrons. The van der Waals surface area contributed by atoms with Crippen LogP contribution in [0.5, 0.6) is 5.75 Å². The van der Waals surface area contributed by atoms with Crippen LogP contribution in [0.3, 0.4) is 0 Å². The summed E-state index contributed by atoms with van der Waals surface area (Å²) < 4.78 is 17.4. The predicted octanol–water partition coefficient (Wildman–Crippen LogP) is 6.11. The molecule has 3 rings (SSSR count). The van der Waals surface area contributed by atoms with Gasteiger partial charge in [-0.15, -0.1) is 12.6 Å². The Labute approximate surface area is 226 Å². The lowest BCUT2D eigenvalue weighted by Gasteiger charge is -2.46. The first-order valence-electron chi connectivity index (χ1n) is 14.0. The van der Waals surface area contributed by atoms with Crippen molar-refractivity contribution >= 4 is 12.6 Å². The molecule has 1 aliphatic carbocycles. The Balaban J connectivity index is 0.000000830. The van der Waals surface area contributed by atoms with Crippen LogP contribution < -0.4 is 16.2 Å². The van der Waals surface area contributed by atoms with Crippen LogP contribution in [0, 0.1) is 29.1 Å². The molecule has 1 heterocycles. The Morgan fingerprint density at radius 3 is 2.39 bits per heavy atom. The smallest absolute Gasteiger partial charge is 0.132 e. The monoisotopic (exact) mass is 520 g/mol. The predicted molar refractivity (Wildman–Crippen MR) is 154 cm³/mol. The highest BCUT2D eigenvalue weighted by Gasteiger charge is 2.43. The molecular weight excluding hydrogens is 468 g/mol. The molecule has 2 fully saturated rings. The van der Waals surface area contributed by atoms with Crippen LogP contribution in [0.2, 0.25) is 0 Å². The molecule has 1 aliphatic heterocycles. The van der Waals surface area contributed by atoms with Crippen molar-refractivity contribution in [3.63, 3.8) is 0 Å². The van der Waals surface area contributed by atoms with Gasteiger partial charge in [-0.3, -0.25) is 0 Å². The van der Waals surface area contributed by atoms with Crippen molar-refractivity contribution in [3.8, 4) is 5.75 Å². The Morgan fingerprint density at radius 2 is 1.78 bits per heavy atom. The lowest BCUT2D eigenvalue weighted by molar-refractivity contribution is -0.146. The summed E-state index contributed by atoms with van der Waals surface area (Å²) in [6.45, 7) is 13.6. The molecule has 4 N–H and O–H groups in total. The molecule has 4 atom stereocenters. The van der Waals surface area contributed by atoms with Crippen molar-refractivity contribution in [2.24, 2.45) is 40.6 Å². The largest absolute Gasteiger partial charge is 0.492 e. The Kier molecular flexibility index (Phi) is 14.5. The number of nitrogens with two attached hydrogens (primary N) is 2. The molecule has 4 unspecified atom stereocenters. The van der Waals surface area contributed by atoms with Crippen molar-refractivity contribution in [1.82, 2.24) is 0 Å².